The molecule has 9 heteroatoms. The van der Waals surface area contributed by atoms with E-state index in [4.69, 9.17) is 0 Å². The first-order valence-corrected chi connectivity index (χ1v) is 10.7. The van der Waals surface area contributed by atoms with Gasteiger partial charge >= 0.3 is 6.55 Å². The molecule has 1 aliphatic rings. The zero-order valence-corrected chi connectivity index (χ0v) is 17.4. The minimum atomic E-state index is -2.74. The molecule has 0 unspecified atom stereocenters. The van der Waals surface area contributed by atoms with E-state index in [-0.39, 0.29) is 11.5 Å². The Hall–Kier alpha value is -2.42. The Balaban J connectivity index is 1.63. The van der Waals surface area contributed by atoms with Crippen LogP contribution in [0.15, 0.2) is 18.6 Å². The Labute approximate surface area is 170 Å². The topological polar surface area (TPSA) is 60.9 Å². The number of hydrogen-bond donors (Lipinski definition) is 0. The molecule has 0 saturated heterocycles. The van der Waals surface area contributed by atoms with Gasteiger partial charge in [0.2, 0.25) is 5.82 Å². The van der Waals surface area contributed by atoms with Gasteiger partial charge in [0.15, 0.2) is 5.65 Å². The molecular weight excluding hydrogens is 394 g/mol. The third kappa shape index (κ3) is 2.86. The van der Waals surface area contributed by atoms with E-state index >= 15 is 0 Å². The van der Waals surface area contributed by atoms with Crippen LogP contribution in [0, 0.1) is 11.3 Å². The number of rotatable bonds is 4. The summed E-state index contributed by atoms with van der Waals surface area (Å²) < 4.78 is 28.7. The van der Waals surface area contributed by atoms with Crippen molar-refractivity contribution in [3.63, 3.8) is 0 Å². The quantitative estimate of drug-likeness (QED) is 0.462. The minimum Gasteiger partial charge on any atom is -0.225 e. The Kier molecular flexibility index (Phi) is 4.20. The summed E-state index contributed by atoms with van der Waals surface area (Å²) in [5, 5.41) is 9.10. The summed E-state index contributed by atoms with van der Waals surface area (Å²) in [5.41, 5.74) is 2.49. The summed E-state index contributed by atoms with van der Waals surface area (Å²) in [6, 6.07) is 1.51. The van der Waals surface area contributed by atoms with Gasteiger partial charge < -0.3 is 0 Å². The maximum atomic E-state index is 13.2. The van der Waals surface area contributed by atoms with Crippen LogP contribution < -0.4 is 0 Å². The molecule has 1 atom stereocenters. The van der Waals surface area contributed by atoms with Gasteiger partial charge in [-0.3, -0.25) is 0 Å². The second-order valence-corrected chi connectivity index (χ2v) is 9.44. The van der Waals surface area contributed by atoms with Crippen LogP contribution in [0.2, 0.25) is 0 Å². The summed E-state index contributed by atoms with van der Waals surface area (Å²) in [5.74, 6) is 0.885. The first-order chi connectivity index (χ1) is 13.9. The highest BCUT2D eigenvalue weighted by atomic mass is 32.1. The van der Waals surface area contributed by atoms with Crippen LogP contribution in [-0.4, -0.2) is 29.4 Å². The monoisotopic (exact) mass is 416 g/mol. The molecule has 0 radical (unpaired) electrons. The molecule has 0 fully saturated rings. The average molecular weight is 417 g/mol. The Morgan fingerprint density at radius 2 is 2.17 bits per heavy atom. The van der Waals surface area contributed by atoms with E-state index in [1.165, 1.54) is 22.7 Å². The predicted molar refractivity (Wildman–Crippen MR) is 108 cm³/mol. The fourth-order valence-electron chi connectivity index (χ4n) is 4.29. The molecule has 29 heavy (non-hydrogen) atoms. The highest BCUT2D eigenvalue weighted by Crippen LogP contribution is 2.45. The largest absolute Gasteiger partial charge is 0.333 e. The molecule has 0 bridgehead atoms. The van der Waals surface area contributed by atoms with E-state index in [1.807, 2.05) is 0 Å². The number of aromatic nitrogens is 6. The number of fused-ring (bicyclic) bond motifs is 5. The van der Waals surface area contributed by atoms with Crippen LogP contribution in [0.4, 0.5) is 8.78 Å². The molecule has 0 amide bonds. The van der Waals surface area contributed by atoms with Crippen LogP contribution in [0.25, 0.3) is 27.4 Å². The fraction of sp³-hybridized carbons (Fsp3) is 0.500. The van der Waals surface area contributed by atoms with Gasteiger partial charge in [-0.05, 0) is 42.2 Å². The van der Waals surface area contributed by atoms with E-state index in [0.29, 0.717) is 21.7 Å². The summed E-state index contributed by atoms with van der Waals surface area (Å²) in [6.45, 7) is 4.22. The average Bonchev–Trinajstić information content (AvgIpc) is 3.41. The maximum absolute atomic E-state index is 13.2. The van der Waals surface area contributed by atoms with Crippen molar-refractivity contribution >= 4 is 27.2 Å². The summed E-state index contributed by atoms with van der Waals surface area (Å²) in [6.07, 6.45) is 7.30. The molecule has 0 aliphatic heterocycles. The van der Waals surface area contributed by atoms with Crippen LogP contribution in [-0.2, 0) is 12.8 Å². The lowest BCUT2D eigenvalue weighted by Gasteiger charge is -2.36. The lowest BCUT2D eigenvalue weighted by Crippen LogP contribution is -2.28. The standard InChI is InChI=1S/C20H22F2N6S/c1-4-20(2,3)11-5-6-12-14(9-11)29-18-15(12)17-25-16(26-27(17)10-23-18)13-7-8-24-28(13)19(21)22/h7-8,10-11,19H,4-6,9H2,1-3H3/t11-/m1/s1. The third-order valence-corrected chi connectivity index (χ3v) is 7.65. The highest BCUT2D eigenvalue weighted by Gasteiger charge is 2.33. The Bertz CT molecular complexity index is 1200. The van der Waals surface area contributed by atoms with Crippen molar-refractivity contribution in [1.82, 2.24) is 29.4 Å². The van der Waals surface area contributed by atoms with Crippen molar-refractivity contribution in [3.8, 4) is 11.5 Å². The van der Waals surface area contributed by atoms with E-state index < -0.39 is 6.55 Å². The Morgan fingerprint density at radius 1 is 1.34 bits per heavy atom. The van der Waals surface area contributed by atoms with Crippen molar-refractivity contribution in [2.75, 3.05) is 0 Å². The summed E-state index contributed by atoms with van der Waals surface area (Å²) >= 11 is 1.73. The smallest absolute Gasteiger partial charge is 0.225 e. The molecule has 4 aromatic heterocycles. The SMILES string of the molecule is CCC(C)(C)[C@@H]1CCc2c(sc3ncn4nc(-c5ccnn5C(F)F)nc4c23)C1. The van der Waals surface area contributed by atoms with E-state index in [9.17, 15) is 8.78 Å². The maximum Gasteiger partial charge on any atom is 0.333 e. The molecule has 0 saturated carbocycles. The number of aryl methyl sites for hydroxylation is 1. The number of alkyl halides is 2. The van der Waals surface area contributed by atoms with Crippen molar-refractivity contribution in [2.45, 2.75) is 53.0 Å². The van der Waals surface area contributed by atoms with Crippen LogP contribution >= 0.6 is 11.3 Å². The van der Waals surface area contributed by atoms with Gasteiger partial charge in [0.1, 0.15) is 16.9 Å². The molecule has 0 spiro atoms. The molecule has 152 valence electrons. The zero-order chi connectivity index (χ0) is 20.3. The Morgan fingerprint density at radius 3 is 2.93 bits per heavy atom. The van der Waals surface area contributed by atoms with Crippen LogP contribution in [0.1, 0.15) is 50.6 Å². The lowest BCUT2D eigenvalue weighted by molar-refractivity contribution is 0.0583. The zero-order valence-electron chi connectivity index (χ0n) is 16.6. The van der Waals surface area contributed by atoms with E-state index in [2.05, 4.69) is 40.9 Å². The van der Waals surface area contributed by atoms with Gasteiger partial charge in [-0.15, -0.1) is 16.4 Å². The molecular formula is C20H22F2N6S. The number of hydrogen-bond acceptors (Lipinski definition) is 5. The first kappa shape index (κ1) is 18.6. The number of nitrogens with zero attached hydrogens (tertiary/aromatic N) is 6. The second kappa shape index (κ2) is 6.55. The molecule has 1 aliphatic carbocycles. The van der Waals surface area contributed by atoms with Crippen LogP contribution in [0.5, 0.6) is 0 Å². The van der Waals surface area contributed by atoms with E-state index in [0.717, 1.165) is 35.9 Å². The van der Waals surface area contributed by atoms with Gasteiger partial charge in [0.05, 0.1) is 5.39 Å². The molecule has 5 rings (SSSR count). The summed E-state index contributed by atoms with van der Waals surface area (Å²) in [7, 11) is 0. The van der Waals surface area contributed by atoms with Gasteiger partial charge in [0, 0.05) is 11.1 Å². The minimum absolute atomic E-state index is 0.200. The lowest BCUT2D eigenvalue weighted by atomic mass is 9.70. The van der Waals surface area contributed by atoms with Gasteiger partial charge in [-0.25, -0.2) is 19.2 Å². The predicted octanol–water partition coefficient (Wildman–Crippen LogP) is 5.14. The van der Waals surface area contributed by atoms with Crippen molar-refractivity contribution < 1.29 is 8.78 Å². The molecule has 4 aromatic rings. The normalized spacial score (nSPS) is 17.5. The van der Waals surface area contributed by atoms with Crippen molar-refractivity contribution in [3.05, 3.63) is 29.0 Å². The number of thiophene rings is 1. The van der Waals surface area contributed by atoms with Crippen LogP contribution in [0.3, 0.4) is 0 Å². The second-order valence-electron chi connectivity index (χ2n) is 8.35. The van der Waals surface area contributed by atoms with Crippen molar-refractivity contribution in [1.29, 1.82) is 0 Å². The molecule has 0 N–H and O–H groups in total. The fourth-order valence-corrected chi connectivity index (χ4v) is 5.55. The van der Waals surface area contributed by atoms with Gasteiger partial charge in [-0.1, -0.05) is 27.2 Å². The molecule has 4 heterocycles. The molecule has 6 nitrogen and oxygen atoms in total. The molecule has 0 aromatic carbocycles. The highest BCUT2D eigenvalue weighted by molar-refractivity contribution is 7.19. The third-order valence-electron chi connectivity index (χ3n) is 6.49. The van der Waals surface area contributed by atoms with Gasteiger partial charge in [-0.2, -0.15) is 13.9 Å². The van der Waals surface area contributed by atoms with Gasteiger partial charge in [0.25, 0.3) is 0 Å². The number of halogens is 2. The summed E-state index contributed by atoms with van der Waals surface area (Å²) in [4.78, 5) is 11.5. The first-order valence-electron chi connectivity index (χ1n) is 9.86. The van der Waals surface area contributed by atoms with Crippen molar-refractivity contribution in [2.24, 2.45) is 11.3 Å². The van der Waals surface area contributed by atoms with E-state index in [1.54, 1.807) is 22.2 Å².